The van der Waals surface area contributed by atoms with E-state index in [2.05, 4.69) is 32.3 Å². The zero-order chi connectivity index (χ0) is 12.4. The number of rotatable bonds is 8. The van der Waals surface area contributed by atoms with Crippen LogP contribution in [-0.2, 0) is 0 Å². The summed E-state index contributed by atoms with van der Waals surface area (Å²) in [6.45, 7) is 10.3. The van der Waals surface area contributed by atoms with E-state index in [-0.39, 0.29) is 21.2 Å². The minimum absolute atomic E-state index is 0.101. The van der Waals surface area contributed by atoms with Gasteiger partial charge in [-0.3, -0.25) is 0 Å². The Morgan fingerprint density at radius 2 is 2.06 bits per heavy atom. The van der Waals surface area contributed by atoms with Crippen molar-refractivity contribution in [2.75, 3.05) is 4.43 Å². The number of nitrogens with two attached hydrogens (primary N) is 1. The average molecular weight is 335 g/mol. The van der Waals surface area contributed by atoms with Crippen LogP contribution in [0.2, 0.25) is 0 Å². The van der Waals surface area contributed by atoms with Crippen molar-refractivity contribution in [3.8, 4) is 0 Å². The monoisotopic (exact) mass is 335 g/mol. The molecular formula is C13H24IN2-. The summed E-state index contributed by atoms with van der Waals surface area (Å²) in [6, 6.07) is 0. The fraction of sp³-hybridized carbons (Fsp3) is 0.615. The van der Waals surface area contributed by atoms with Crippen LogP contribution in [0, 0.1) is 0 Å². The summed E-state index contributed by atoms with van der Waals surface area (Å²) in [7, 11) is 0. The molecule has 94 valence electrons. The third kappa shape index (κ3) is 7.91. The van der Waals surface area contributed by atoms with Crippen LogP contribution < -0.4 is 26.9 Å². The van der Waals surface area contributed by atoms with Gasteiger partial charge >= 0.3 is 111 Å². The van der Waals surface area contributed by atoms with Gasteiger partial charge in [0.2, 0.25) is 0 Å². The average Bonchev–Trinajstić information content (AvgIpc) is 2.23. The van der Waals surface area contributed by atoms with Crippen LogP contribution in [0.15, 0.2) is 26.5 Å². The standard InChI is InChI=1S/C13H24IN2/c1-5-7-9-14-13(10-16-12(4)15)11(3)8-6-2/h10H,4-9,15H2,1-3H3/q-1/b13-11+,16-10?. The molecule has 0 aromatic heterocycles. The van der Waals surface area contributed by atoms with E-state index in [9.17, 15) is 0 Å². The summed E-state index contributed by atoms with van der Waals surface area (Å²) in [4.78, 5) is 4.13. The molecule has 0 spiro atoms. The molecule has 0 aliphatic heterocycles. The van der Waals surface area contributed by atoms with Crippen LogP contribution in [0.4, 0.5) is 0 Å². The molecule has 0 heterocycles. The fourth-order valence-electron chi connectivity index (χ4n) is 1.20. The molecule has 0 aliphatic carbocycles. The molecule has 0 aromatic carbocycles. The van der Waals surface area contributed by atoms with E-state index in [4.69, 9.17) is 5.73 Å². The van der Waals surface area contributed by atoms with Crippen molar-refractivity contribution in [2.45, 2.75) is 46.5 Å². The minimum atomic E-state index is 0.101. The first-order chi connectivity index (χ1) is 7.61. The van der Waals surface area contributed by atoms with Gasteiger partial charge in [-0.05, 0) is 0 Å². The molecule has 0 rings (SSSR count). The van der Waals surface area contributed by atoms with Crippen LogP contribution in [0.1, 0.15) is 46.5 Å². The molecule has 16 heavy (non-hydrogen) atoms. The van der Waals surface area contributed by atoms with E-state index in [0.717, 1.165) is 0 Å². The second-order valence-corrected chi connectivity index (χ2v) is 6.81. The van der Waals surface area contributed by atoms with Crippen molar-refractivity contribution in [3.05, 3.63) is 21.6 Å². The van der Waals surface area contributed by atoms with Gasteiger partial charge in [-0.25, -0.2) is 0 Å². The molecule has 0 aliphatic rings. The van der Waals surface area contributed by atoms with Crippen LogP contribution >= 0.6 is 0 Å². The van der Waals surface area contributed by atoms with Crippen LogP contribution in [0.3, 0.4) is 0 Å². The Hall–Kier alpha value is -0.320. The predicted octanol–water partition coefficient (Wildman–Crippen LogP) is 0.450. The normalized spacial score (nSPS) is 13.2. The zero-order valence-corrected chi connectivity index (χ0v) is 12.9. The van der Waals surface area contributed by atoms with Gasteiger partial charge in [0, 0.05) is 0 Å². The SMILES string of the molecule is C=C(N)N=C/C([I-]CCCC)=C(/C)CCC. The molecule has 2 nitrogen and oxygen atoms in total. The molecule has 0 atom stereocenters. The van der Waals surface area contributed by atoms with Gasteiger partial charge < -0.3 is 0 Å². The third-order valence-electron chi connectivity index (χ3n) is 2.10. The topological polar surface area (TPSA) is 38.4 Å². The Kier molecular flexibility index (Phi) is 9.68. The maximum atomic E-state index is 5.47. The number of aliphatic imine (C=N–C) groups is 1. The van der Waals surface area contributed by atoms with E-state index in [1.54, 1.807) is 0 Å². The van der Waals surface area contributed by atoms with Crippen LogP contribution in [0.5, 0.6) is 0 Å². The zero-order valence-electron chi connectivity index (χ0n) is 10.7. The second-order valence-electron chi connectivity index (χ2n) is 3.80. The van der Waals surface area contributed by atoms with Crippen molar-refractivity contribution in [1.82, 2.24) is 0 Å². The quantitative estimate of drug-likeness (QED) is 0.297. The summed E-state index contributed by atoms with van der Waals surface area (Å²) < 4.78 is 2.79. The Balaban J connectivity index is 4.49. The van der Waals surface area contributed by atoms with Gasteiger partial charge in [0.1, 0.15) is 0 Å². The number of halogens is 1. The number of nitrogens with zero attached hydrogens (tertiary/aromatic N) is 1. The molecule has 0 amide bonds. The van der Waals surface area contributed by atoms with Crippen molar-refractivity contribution in [2.24, 2.45) is 10.7 Å². The molecule has 0 unspecified atom stereocenters. The van der Waals surface area contributed by atoms with E-state index < -0.39 is 0 Å². The van der Waals surface area contributed by atoms with Gasteiger partial charge in [-0.1, -0.05) is 0 Å². The van der Waals surface area contributed by atoms with Gasteiger partial charge in [-0.15, -0.1) is 0 Å². The Morgan fingerprint density at radius 1 is 1.38 bits per heavy atom. The van der Waals surface area contributed by atoms with E-state index in [1.807, 2.05) is 6.21 Å². The number of hydrogen-bond acceptors (Lipinski definition) is 2. The number of alkyl halides is 1. The van der Waals surface area contributed by atoms with E-state index >= 15 is 0 Å². The molecule has 0 aromatic rings. The number of hydrogen-bond donors (Lipinski definition) is 1. The van der Waals surface area contributed by atoms with Gasteiger partial charge in [-0.2, -0.15) is 0 Å². The molecule has 3 heteroatoms. The first-order valence-corrected chi connectivity index (χ1v) is 8.49. The van der Waals surface area contributed by atoms with Crippen molar-refractivity contribution >= 4 is 6.21 Å². The second kappa shape index (κ2) is 9.87. The molecule has 0 radical (unpaired) electrons. The first kappa shape index (κ1) is 15.7. The van der Waals surface area contributed by atoms with Crippen molar-refractivity contribution in [3.63, 3.8) is 0 Å². The van der Waals surface area contributed by atoms with Gasteiger partial charge in [0.25, 0.3) is 0 Å². The summed E-state index contributed by atoms with van der Waals surface area (Å²) in [5, 5.41) is 0. The molecule has 0 fully saturated rings. The molecule has 0 bridgehead atoms. The third-order valence-corrected chi connectivity index (χ3v) is 5.43. The van der Waals surface area contributed by atoms with E-state index in [0.29, 0.717) is 5.82 Å². The molecule has 0 saturated heterocycles. The summed E-state index contributed by atoms with van der Waals surface area (Å²) >= 11 is 0.101. The molecule has 2 N–H and O–H groups in total. The Morgan fingerprint density at radius 3 is 2.56 bits per heavy atom. The first-order valence-electron chi connectivity index (χ1n) is 5.89. The predicted molar refractivity (Wildman–Crippen MR) is 69.2 cm³/mol. The van der Waals surface area contributed by atoms with Gasteiger partial charge in [0.05, 0.1) is 0 Å². The molecular weight excluding hydrogens is 311 g/mol. The molecule has 0 saturated carbocycles. The van der Waals surface area contributed by atoms with Crippen molar-refractivity contribution in [1.29, 1.82) is 0 Å². The fourth-order valence-corrected chi connectivity index (χ4v) is 4.18. The number of unbranched alkanes of at least 4 members (excludes halogenated alkanes) is 1. The Bertz CT molecular complexity index is 267. The summed E-state index contributed by atoms with van der Waals surface area (Å²) in [6.07, 6.45) is 6.92. The van der Waals surface area contributed by atoms with E-state index in [1.165, 1.54) is 39.3 Å². The van der Waals surface area contributed by atoms with Gasteiger partial charge in [0.15, 0.2) is 0 Å². The maximum absolute atomic E-state index is 5.47. The van der Waals surface area contributed by atoms with Crippen LogP contribution in [-0.4, -0.2) is 10.6 Å². The van der Waals surface area contributed by atoms with Crippen LogP contribution in [0.25, 0.3) is 0 Å². The number of allylic oxidation sites excluding steroid dienone is 2. The summed E-state index contributed by atoms with van der Waals surface area (Å²) in [5.41, 5.74) is 6.95. The van der Waals surface area contributed by atoms with Crippen molar-refractivity contribution < 1.29 is 21.2 Å². The summed E-state index contributed by atoms with van der Waals surface area (Å²) in [5.74, 6) is 0.404. The Labute approximate surface area is 110 Å².